The van der Waals surface area contributed by atoms with Gasteiger partial charge in [0.15, 0.2) is 23.3 Å². The van der Waals surface area contributed by atoms with E-state index in [1.807, 2.05) is 0 Å². The maximum atomic E-state index is 13.5. The topological polar surface area (TPSA) is 63.3 Å². The molecule has 0 fully saturated rings. The summed E-state index contributed by atoms with van der Waals surface area (Å²) in [6, 6.07) is 0.170. The van der Waals surface area contributed by atoms with E-state index in [-0.39, 0.29) is 31.2 Å². The van der Waals surface area contributed by atoms with Crippen LogP contribution in [0.3, 0.4) is 0 Å². The summed E-state index contributed by atoms with van der Waals surface area (Å²) in [5.41, 5.74) is 3.60. The minimum atomic E-state index is -1.43. The van der Waals surface area contributed by atoms with E-state index in [1.54, 1.807) is 6.92 Å². The first kappa shape index (κ1) is 18.4. The Balaban J connectivity index is 2.64. The number of halogens is 4. The molecule has 0 aliphatic heterocycles. The van der Waals surface area contributed by atoms with Crippen LogP contribution >= 0.6 is 0 Å². The van der Waals surface area contributed by atoms with Gasteiger partial charge in [0.1, 0.15) is 5.54 Å². The second-order valence-corrected chi connectivity index (χ2v) is 5.87. The summed E-state index contributed by atoms with van der Waals surface area (Å²) >= 11 is 0. The molecule has 2 atom stereocenters. The second-order valence-electron chi connectivity index (χ2n) is 5.87. The highest BCUT2D eigenvalue weighted by atomic mass is 19.2. The summed E-state index contributed by atoms with van der Waals surface area (Å²) in [6.45, 7) is 3.14. The number of hydrogen-bond donors (Lipinski definition) is 2. The van der Waals surface area contributed by atoms with Crippen LogP contribution in [0, 0.1) is 29.2 Å². The van der Waals surface area contributed by atoms with Gasteiger partial charge in [-0.25, -0.2) is 17.6 Å². The lowest BCUT2D eigenvalue weighted by Gasteiger charge is -2.23. The predicted octanol–water partition coefficient (Wildman–Crippen LogP) is 3.39. The van der Waals surface area contributed by atoms with E-state index >= 15 is 0 Å². The summed E-state index contributed by atoms with van der Waals surface area (Å²) in [6.07, 6.45) is 0.695. The Morgan fingerprint density at radius 3 is 2.23 bits per heavy atom. The molecule has 7 heteroatoms. The quantitative estimate of drug-likeness (QED) is 0.598. The molecule has 1 rings (SSSR count). The number of carboxylic acids is 1. The molecule has 1 aromatic rings. The monoisotopic (exact) mass is 321 g/mol. The van der Waals surface area contributed by atoms with Crippen molar-refractivity contribution in [2.75, 3.05) is 0 Å². The zero-order valence-corrected chi connectivity index (χ0v) is 12.4. The molecule has 124 valence electrons. The predicted molar refractivity (Wildman–Crippen MR) is 73.2 cm³/mol. The number of nitrogens with two attached hydrogens (primary N) is 1. The van der Waals surface area contributed by atoms with Gasteiger partial charge in [0.05, 0.1) is 0 Å². The third kappa shape index (κ3) is 4.43. The minimum Gasteiger partial charge on any atom is -0.480 e. The average Bonchev–Trinajstić information content (AvgIpc) is 2.39. The molecule has 0 aromatic heterocycles. The number of rotatable bonds is 7. The van der Waals surface area contributed by atoms with Crippen molar-refractivity contribution in [2.45, 2.75) is 45.1 Å². The standard InChI is InChI=1S/C15H19F4NO2/c1-8(7-15(2,20)14(21)22)4-3-5-9-12(18)10(16)6-11(17)13(9)19/h6,8H,3-5,7,20H2,1-2H3,(H,21,22). The summed E-state index contributed by atoms with van der Waals surface area (Å²) < 4.78 is 53.0. The fraction of sp³-hybridized carbons (Fsp3) is 0.533. The highest BCUT2D eigenvalue weighted by molar-refractivity contribution is 5.77. The maximum Gasteiger partial charge on any atom is 0.323 e. The highest BCUT2D eigenvalue weighted by Gasteiger charge is 2.29. The minimum absolute atomic E-state index is 0.115. The van der Waals surface area contributed by atoms with Crippen LogP contribution in [0.5, 0.6) is 0 Å². The number of carbonyl (C=O) groups is 1. The van der Waals surface area contributed by atoms with Gasteiger partial charge in [-0.05, 0) is 32.1 Å². The summed E-state index contributed by atoms with van der Waals surface area (Å²) in [7, 11) is 0. The van der Waals surface area contributed by atoms with Crippen LogP contribution in [0.25, 0.3) is 0 Å². The zero-order valence-electron chi connectivity index (χ0n) is 12.4. The van der Waals surface area contributed by atoms with Gasteiger partial charge in [0.2, 0.25) is 0 Å². The van der Waals surface area contributed by atoms with Crippen molar-refractivity contribution in [1.29, 1.82) is 0 Å². The number of benzene rings is 1. The first-order chi connectivity index (χ1) is 10.1. The third-order valence-corrected chi connectivity index (χ3v) is 3.59. The van der Waals surface area contributed by atoms with Gasteiger partial charge in [-0.1, -0.05) is 13.3 Å². The molecule has 0 saturated heterocycles. The van der Waals surface area contributed by atoms with Crippen LogP contribution < -0.4 is 5.73 Å². The van der Waals surface area contributed by atoms with Gasteiger partial charge in [-0.3, -0.25) is 4.79 Å². The number of hydrogen-bond acceptors (Lipinski definition) is 2. The first-order valence-electron chi connectivity index (χ1n) is 6.90. The molecule has 0 amide bonds. The van der Waals surface area contributed by atoms with E-state index in [0.29, 0.717) is 6.42 Å². The molecule has 0 spiro atoms. The molecule has 0 saturated carbocycles. The van der Waals surface area contributed by atoms with Gasteiger partial charge >= 0.3 is 5.97 Å². The highest BCUT2D eigenvalue weighted by Crippen LogP contribution is 2.24. The molecule has 0 aliphatic rings. The zero-order chi connectivity index (χ0) is 17.1. The summed E-state index contributed by atoms with van der Waals surface area (Å²) in [5, 5.41) is 8.92. The van der Waals surface area contributed by atoms with Gasteiger partial charge < -0.3 is 10.8 Å². The Bertz CT molecular complexity index is 535. The van der Waals surface area contributed by atoms with Gasteiger partial charge in [0.25, 0.3) is 0 Å². The lowest BCUT2D eigenvalue weighted by molar-refractivity contribution is -0.143. The van der Waals surface area contributed by atoms with E-state index in [9.17, 15) is 22.4 Å². The Morgan fingerprint density at radius 1 is 1.27 bits per heavy atom. The van der Waals surface area contributed by atoms with E-state index in [4.69, 9.17) is 10.8 Å². The van der Waals surface area contributed by atoms with Crippen molar-refractivity contribution in [2.24, 2.45) is 11.7 Å². The summed E-state index contributed by atoms with van der Waals surface area (Å²) in [5.74, 6) is -6.88. The van der Waals surface area contributed by atoms with Crippen molar-refractivity contribution >= 4 is 5.97 Å². The van der Waals surface area contributed by atoms with Crippen LogP contribution in [0.1, 0.15) is 38.7 Å². The normalized spacial score (nSPS) is 15.4. The van der Waals surface area contributed by atoms with Crippen molar-refractivity contribution in [1.82, 2.24) is 0 Å². The van der Waals surface area contributed by atoms with Crippen LogP contribution in [-0.2, 0) is 11.2 Å². The first-order valence-corrected chi connectivity index (χ1v) is 6.90. The largest absolute Gasteiger partial charge is 0.480 e. The van der Waals surface area contributed by atoms with Gasteiger partial charge in [0, 0.05) is 11.6 Å². The smallest absolute Gasteiger partial charge is 0.323 e. The number of aliphatic carboxylic acids is 1. The second kappa shape index (κ2) is 7.09. The van der Waals surface area contributed by atoms with Crippen molar-refractivity contribution in [3.05, 3.63) is 34.9 Å². The van der Waals surface area contributed by atoms with Gasteiger partial charge in [-0.2, -0.15) is 0 Å². The molecule has 22 heavy (non-hydrogen) atoms. The molecule has 0 heterocycles. The van der Waals surface area contributed by atoms with E-state index in [1.165, 1.54) is 6.92 Å². The van der Waals surface area contributed by atoms with Crippen molar-refractivity contribution < 1.29 is 27.5 Å². The molecule has 0 aliphatic carbocycles. The van der Waals surface area contributed by atoms with Gasteiger partial charge in [-0.15, -0.1) is 0 Å². The van der Waals surface area contributed by atoms with Crippen LogP contribution in [0.2, 0.25) is 0 Å². The van der Waals surface area contributed by atoms with E-state index < -0.39 is 40.3 Å². The molecule has 3 N–H and O–H groups in total. The molecular weight excluding hydrogens is 302 g/mol. The fourth-order valence-electron chi connectivity index (χ4n) is 2.38. The van der Waals surface area contributed by atoms with Crippen LogP contribution in [0.4, 0.5) is 17.6 Å². The fourth-order valence-corrected chi connectivity index (χ4v) is 2.38. The molecule has 2 unspecified atom stereocenters. The molecule has 0 radical (unpaired) electrons. The molecule has 0 bridgehead atoms. The molecule has 3 nitrogen and oxygen atoms in total. The number of carboxylic acid groups (broad SMARTS) is 1. The Hall–Kier alpha value is -1.63. The van der Waals surface area contributed by atoms with E-state index in [2.05, 4.69) is 0 Å². The Kier molecular flexibility index (Phi) is 5.93. The average molecular weight is 321 g/mol. The van der Waals surface area contributed by atoms with E-state index in [0.717, 1.165) is 0 Å². The maximum absolute atomic E-state index is 13.5. The van der Waals surface area contributed by atoms with Crippen LogP contribution in [-0.4, -0.2) is 16.6 Å². The van der Waals surface area contributed by atoms with Crippen molar-refractivity contribution in [3.63, 3.8) is 0 Å². The lowest BCUT2D eigenvalue weighted by Crippen LogP contribution is -2.46. The Labute approximate surface area is 126 Å². The third-order valence-electron chi connectivity index (χ3n) is 3.59. The Morgan fingerprint density at radius 2 is 1.77 bits per heavy atom. The molecular formula is C15H19F4NO2. The van der Waals surface area contributed by atoms with Crippen LogP contribution in [0.15, 0.2) is 6.07 Å². The lowest BCUT2D eigenvalue weighted by atomic mass is 9.87. The van der Waals surface area contributed by atoms with Crippen molar-refractivity contribution in [3.8, 4) is 0 Å². The SMILES string of the molecule is CC(CCCc1c(F)c(F)cc(F)c1F)CC(C)(N)C(=O)O. The summed E-state index contributed by atoms with van der Waals surface area (Å²) in [4.78, 5) is 10.9. The molecule has 1 aromatic carbocycles.